The third-order valence-electron chi connectivity index (χ3n) is 2.96. The van der Waals surface area contributed by atoms with Gasteiger partial charge in [0.25, 0.3) is 11.4 Å². The Bertz CT molecular complexity index is 739. The molecule has 8 nitrogen and oxygen atoms in total. The van der Waals surface area contributed by atoms with E-state index in [1.807, 2.05) is 0 Å². The molecule has 2 rings (SSSR count). The zero-order valence-electron chi connectivity index (χ0n) is 11.1. The van der Waals surface area contributed by atoms with Crippen molar-refractivity contribution in [2.24, 2.45) is 0 Å². The summed E-state index contributed by atoms with van der Waals surface area (Å²) in [5.41, 5.74) is 0.328. The topological polar surface area (TPSA) is 124 Å². The van der Waals surface area contributed by atoms with Gasteiger partial charge < -0.3 is 5.11 Å². The first kappa shape index (κ1) is 15.1. The normalized spacial score (nSPS) is 10.2. The Balaban J connectivity index is 2.40. The van der Waals surface area contributed by atoms with Gasteiger partial charge in [-0.05, 0) is 23.6 Å². The molecule has 0 bridgehead atoms. The molecule has 0 fully saturated rings. The Hall–Kier alpha value is -3.29. The minimum atomic E-state index is -1.27. The highest BCUT2D eigenvalue weighted by Gasteiger charge is 2.14. The lowest BCUT2D eigenvalue weighted by atomic mass is 10.0. The van der Waals surface area contributed by atoms with Gasteiger partial charge in [-0.2, -0.15) is 0 Å². The van der Waals surface area contributed by atoms with Crippen molar-refractivity contribution in [2.75, 3.05) is 0 Å². The number of benzene rings is 2. The van der Waals surface area contributed by atoms with Crippen LogP contribution in [0, 0.1) is 20.2 Å². The first-order valence-electron chi connectivity index (χ1n) is 6.12. The zero-order valence-corrected chi connectivity index (χ0v) is 11.1. The summed E-state index contributed by atoms with van der Waals surface area (Å²) in [5.74, 6) is -1.27. The van der Waals surface area contributed by atoms with E-state index >= 15 is 0 Å². The fourth-order valence-electron chi connectivity index (χ4n) is 2.02. The molecule has 2 aromatic carbocycles. The van der Waals surface area contributed by atoms with E-state index in [1.165, 1.54) is 30.3 Å². The lowest BCUT2D eigenvalue weighted by Gasteiger charge is -2.04. The minimum Gasteiger partial charge on any atom is -0.478 e. The number of carboxylic acids is 1. The van der Waals surface area contributed by atoms with E-state index in [1.54, 1.807) is 6.07 Å². The van der Waals surface area contributed by atoms with E-state index in [-0.39, 0.29) is 23.4 Å². The van der Waals surface area contributed by atoms with Gasteiger partial charge in [-0.1, -0.05) is 12.1 Å². The van der Waals surface area contributed by atoms with Gasteiger partial charge in [0.05, 0.1) is 15.4 Å². The van der Waals surface area contributed by atoms with Crippen LogP contribution >= 0.6 is 0 Å². The number of hydrogen-bond acceptors (Lipinski definition) is 5. The smallest absolute Gasteiger partial charge is 0.335 e. The summed E-state index contributed by atoms with van der Waals surface area (Å²) in [6, 6.07) is 9.35. The summed E-state index contributed by atoms with van der Waals surface area (Å²) in [6.45, 7) is 0. The van der Waals surface area contributed by atoms with Crippen molar-refractivity contribution < 1.29 is 19.7 Å². The van der Waals surface area contributed by atoms with Crippen LogP contribution in [0.1, 0.15) is 21.5 Å². The Morgan fingerprint density at radius 1 is 0.955 bits per heavy atom. The Labute approximate surface area is 123 Å². The second kappa shape index (κ2) is 6.00. The molecule has 0 saturated heterocycles. The highest BCUT2D eigenvalue weighted by molar-refractivity contribution is 5.88. The third kappa shape index (κ3) is 3.42. The zero-order chi connectivity index (χ0) is 16.3. The Kier molecular flexibility index (Phi) is 4.12. The predicted molar refractivity (Wildman–Crippen MR) is 76.0 cm³/mol. The van der Waals surface area contributed by atoms with Crippen molar-refractivity contribution in [1.29, 1.82) is 0 Å². The molecular weight excluding hydrogens is 292 g/mol. The van der Waals surface area contributed by atoms with Crippen LogP contribution in [0.5, 0.6) is 0 Å². The number of nitro groups is 2. The van der Waals surface area contributed by atoms with Crippen LogP contribution < -0.4 is 0 Å². The second-order valence-corrected chi connectivity index (χ2v) is 4.55. The van der Waals surface area contributed by atoms with Crippen molar-refractivity contribution in [3.63, 3.8) is 0 Å². The van der Waals surface area contributed by atoms with E-state index in [4.69, 9.17) is 5.11 Å². The molecule has 112 valence electrons. The molecule has 1 N–H and O–H groups in total. The molecule has 2 aromatic rings. The summed E-state index contributed by atoms with van der Waals surface area (Å²) in [6.07, 6.45) is 0.156. The molecule has 0 aliphatic heterocycles. The van der Waals surface area contributed by atoms with Crippen molar-refractivity contribution in [3.05, 3.63) is 79.4 Å². The molecular formula is C14H10N2O6. The lowest BCUT2D eigenvalue weighted by molar-refractivity contribution is -0.385. The SMILES string of the molecule is O=C(O)c1cc(Cc2cccc([N+](=O)[O-])c2)cc([N+](=O)[O-])c1. The maximum absolute atomic E-state index is 11.0. The van der Waals surface area contributed by atoms with Crippen LogP contribution in [0.25, 0.3) is 0 Å². The number of nitrogens with zero attached hydrogens (tertiary/aromatic N) is 2. The highest BCUT2D eigenvalue weighted by Crippen LogP contribution is 2.21. The largest absolute Gasteiger partial charge is 0.478 e. The van der Waals surface area contributed by atoms with Gasteiger partial charge in [0.2, 0.25) is 0 Å². The standard InChI is InChI=1S/C14H10N2O6/c17-14(18)11-5-10(7-13(8-11)16(21)22)4-9-2-1-3-12(6-9)15(19)20/h1-3,5-8H,4H2,(H,17,18). The summed E-state index contributed by atoms with van der Waals surface area (Å²) < 4.78 is 0. The first-order chi connectivity index (χ1) is 10.4. The van der Waals surface area contributed by atoms with Gasteiger partial charge in [0.1, 0.15) is 0 Å². The number of non-ortho nitro benzene ring substituents is 2. The molecule has 0 aliphatic rings. The maximum atomic E-state index is 11.0. The molecule has 0 spiro atoms. The van der Waals surface area contributed by atoms with Crippen molar-refractivity contribution in [3.8, 4) is 0 Å². The fourth-order valence-corrected chi connectivity index (χ4v) is 2.02. The van der Waals surface area contributed by atoms with Crippen LogP contribution in [0.2, 0.25) is 0 Å². The minimum absolute atomic E-state index is 0.0959. The van der Waals surface area contributed by atoms with Crippen LogP contribution in [0.3, 0.4) is 0 Å². The van der Waals surface area contributed by atoms with Crippen LogP contribution in [-0.2, 0) is 6.42 Å². The summed E-state index contributed by atoms with van der Waals surface area (Å²) >= 11 is 0. The van der Waals surface area contributed by atoms with Crippen LogP contribution in [0.15, 0.2) is 42.5 Å². The average molecular weight is 302 g/mol. The Morgan fingerprint density at radius 2 is 1.59 bits per heavy atom. The van der Waals surface area contributed by atoms with Gasteiger partial charge in [-0.25, -0.2) is 4.79 Å². The summed E-state index contributed by atoms with van der Waals surface area (Å²) in [4.78, 5) is 31.4. The van der Waals surface area contributed by atoms with E-state index in [0.717, 1.165) is 6.07 Å². The number of carboxylic acid groups (broad SMARTS) is 1. The van der Waals surface area contributed by atoms with Crippen LogP contribution in [-0.4, -0.2) is 20.9 Å². The third-order valence-corrected chi connectivity index (χ3v) is 2.96. The second-order valence-electron chi connectivity index (χ2n) is 4.55. The quantitative estimate of drug-likeness (QED) is 0.669. The molecule has 0 aromatic heterocycles. The number of rotatable bonds is 5. The molecule has 0 atom stereocenters. The van der Waals surface area contributed by atoms with E-state index < -0.39 is 15.8 Å². The number of hydrogen-bond donors (Lipinski definition) is 1. The molecule has 22 heavy (non-hydrogen) atoms. The average Bonchev–Trinajstić information content (AvgIpc) is 2.47. The van der Waals surface area contributed by atoms with Gasteiger partial charge in [0.15, 0.2) is 0 Å². The molecule has 8 heteroatoms. The Morgan fingerprint density at radius 3 is 2.18 bits per heavy atom. The van der Waals surface area contributed by atoms with Crippen molar-refractivity contribution in [1.82, 2.24) is 0 Å². The predicted octanol–water partition coefficient (Wildman–Crippen LogP) is 2.79. The molecule has 0 unspecified atom stereocenters. The van der Waals surface area contributed by atoms with Crippen molar-refractivity contribution >= 4 is 17.3 Å². The monoisotopic (exact) mass is 302 g/mol. The molecule has 0 aliphatic carbocycles. The molecule has 0 amide bonds. The summed E-state index contributed by atoms with van der Waals surface area (Å²) in [7, 11) is 0. The summed E-state index contributed by atoms with van der Waals surface area (Å²) in [5, 5.41) is 30.6. The van der Waals surface area contributed by atoms with Gasteiger partial charge in [0, 0.05) is 24.3 Å². The highest BCUT2D eigenvalue weighted by atomic mass is 16.6. The lowest BCUT2D eigenvalue weighted by Crippen LogP contribution is -2.01. The van der Waals surface area contributed by atoms with E-state index in [0.29, 0.717) is 11.1 Å². The molecule has 0 radical (unpaired) electrons. The maximum Gasteiger partial charge on any atom is 0.335 e. The molecule has 0 heterocycles. The number of nitro benzene ring substituents is 2. The fraction of sp³-hybridized carbons (Fsp3) is 0.0714. The van der Waals surface area contributed by atoms with E-state index in [2.05, 4.69) is 0 Å². The van der Waals surface area contributed by atoms with Crippen molar-refractivity contribution in [2.45, 2.75) is 6.42 Å². The van der Waals surface area contributed by atoms with Gasteiger partial charge >= 0.3 is 5.97 Å². The van der Waals surface area contributed by atoms with Gasteiger partial charge in [-0.15, -0.1) is 0 Å². The first-order valence-corrected chi connectivity index (χ1v) is 6.12. The molecule has 0 saturated carbocycles. The number of carbonyl (C=O) groups is 1. The van der Waals surface area contributed by atoms with E-state index in [9.17, 15) is 25.0 Å². The van der Waals surface area contributed by atoms with Crippen LogP contribution in [0.4, 0.5) is 11.4 Å². The van der Waals surface area contributed by atoms with Gasteiger partial charge in [-0.3, -0.25) is 20.2 Å². The number of aromatic carboxylic acids is 1.